The second-order valence-electron chi connectivity index (χ2n) is 6.40. The Hall–Kier alpha value is -2.49. The van der Waals surface area contributed by atoms with Gasteiger partial charge in [0.15, 0.2) is 0 Å². The molecule has 2 aromatic heterocycles. The summed E-state index contributed by atoms with van der Waals surface area (Å²) in [5, 5.41) is 1.24. The molecule has 4 nitrogen and oxygen atoms in total. The third-order valence-electron chi connectivity index (χ3n) is 4.95. The number of benzene rings is 1. The minimum Gasteiger partial charge on any atom is -0.358 e. The first kappa shape index (κ1) is 14.1. The van der Waals surface area contributed by atoms with Gasteiger partial charge in [-0.15, -0.1) is 0 Å². The van der Waals surface area contributed by atoms with Gasteiger partial charge in [0.1, 0.15) is 6.54 Å². The molecule has 23 heavy (non-hydrogen) atoms. The fourth-order valence-electron chi connectivity index (χ4n) is 3.56. The zero-order valence-corrected chi connectivity index (χ0v) is 13.6. The minimum atomic E-state index is 0.198. The molecule has 1 aliphatic heterocycles. The Morgan fingerprint density at radius 1 is 1.13 bits per heavy atom. The summed E-state index contributed by atoms with van der Waals surface area (Å²) in [6.07, 6.45) is 0.902. The van der Waals surface area contributed by atoms with Crippen LogP contribution < -0.4 is 0 Å². The van der Waals surface area contributed by atoms with Gasteiger partial charge in [0.2, 0.25) is 5.91 Å². The summed E-state index contributed by atoms with van der Waals surface area (Å²) < 4.78 is 2.09. The lowest BCUT2D eigenvalue weighted by Crippen LogP contribution is -2.38. The van der Waals surface area contributed by atoms with Crippen LogP contribution >= 0.6 is 0 Å². The minimum absolute atomic E-state index is 0.198. The number of aromatic amines is 1. The molecule has 1 amide bonds. The number of hydrogen-bond donors (Lipinski definition) is 1. The molecule has 1 aromatic carbocycles. The van der Waals surface area contributed by atoms with Gasteiger partial charge in [0, 0.05) is 53.1 Å². The monoisotopic (exact) mass is 307 g/mol. The number of H-pyrrole nitrogens is 1. The lowest BCUT2D eigenvalue weighted by atomic mass is 10.0. The number of hydrogen-bond acceptors (Lipinski definition) is 1. The van der Waals surface area contributed by atoms with Gasteiger partial charge in [-0.25, -0.2) is 0 Å². The summed E-state index contributed by atoms with van der Waals surface area (Å²) in [6.45, 7) is 6.03. The van der Waals surface area contributed by atoms with E-state index in [9.17, 15) is 4.79 Å². The second kappa shape index (κ2) is 5.30. The van der Waals surface area contributed by atoms with E-state index in [0.29, 0.717) is 13.1 Å². The fourth-order valence-corrected chi connectivity index (χ4v) is 3.56. The van der Waals surface area contributed by atoms with Crippen molar-refractivity contribution >= 4 is 16.8 Å². The lowest BCUT2D eigenvalue weighted by Gasteiger charge is -2.28. The van der Waals surface area contributed by atoms with Crippen molar-refractivity contribution in [2.45, 2.75) is 33.4 Å². The van der Waals surface area contributed by atoms with Crippen molar-refractivity contribution in [1.29, 1.82) is 0 Å². The molecular formula is C19H21N3O. The van der Waals surface area contributed by atoms with Crippen molar-refractivity contribution in [2.75, 3.05) is 6.54 Å². The Bertz CT molecular complexity index is 868. The Labute approximate surface area is 135 Å². The zero-order valence-electron chi connectivity index (χ0n) is 13.6. The topological polar surface area (TPSA) is 41.0 Å². The first-order valence-electron chi connectivity index (χ1n) is 8.12. The third kappa shape index (κ3) is 2.34. The number of nitrogens with one attached hydrogen (secondary N) is 1. The summed E-state index contributed by atoms with van der Waals surface area (Å²) in [6, 6.07) is 12.5. The highest BCUT2D eigenvalue weighted by Gasteiger charge is 2.24. The van der Waals surface area contributed by atoms with E-state index in [-0.39, 0.29) is 5.91 Å². The number of rotatable bonds is 2. The van der Waals surface area contributed by atoms with E-state index in [1.54, 1.807) is 0 Å². The number of nitrogens with zero attached hydrogens (tertiary/aromatic N) is 2. The predicted molar refractivity (Wildman–Crippen MR) is 91.3 cm³/mol. The van der Waals surface area contributed by atoms with Gasteiger partial charge >= 0.3 is 0 Å². The molecule has 1 N–H and O–H groups in total. The van der Waals surface area contributed by atoms with E-state index >= 15 is 0 Å². The van der Waals surface area contributed by atoms with E-state index in [0.717, 1.165) is 24.4 Å². The van der Waals surface area contributed by atoms with Crippen molar-refractivity contribution in [3.8, 4) is 0 Å². The number of fused-ring (bicyclic) bond motifs is 3. The molecule has 0 fully saturated rings. The van der Waals surface area contributed by atoms with E-state index in [1.165, 1.54) is 22.2 Å². The summed E-state index contributed by atoms with van der Waals surface area (Å²) in [5.74, 6) is 0.198. The van der Waals surface area contributed by atoms with E-state index in [1.807, 2.05) is 24.8 Å². The van der Waals surface area contributed by atoms with Crippen LogP contribution in [0.3, 0.4) is 0 Å². The summed E-state index contributed by atoms with van der Waals surface area (Å²) in [7, 11) is 0. The Balaban J connectivity index is 1.59. The molecular weight excluding hydrogens is 286 g/mol. The third-order valence-corrected chi connectivity index (χ3v) is 4.95. The summed E-state index contributed by atoms with van der Waals surface area (Å²) in [4.78, 5) is 18.2. The molecule has 4 heteroatoms. The Kier molecular flexibility index (Phi) is 3.26. The molecule has 0 bridgehead atoms. The Morgan fingerprint density at radius 2 is 1.87 bits per heavy atom. The normalized spacial score (nSPS) is 14.3. The molecule has 3 heterocycles. The van der Waals surface area contributed by atoms with Gasteiger partial charge in [0.05, 0.1) is 0 Å². The Morgan fingerprint density at radius 3 is 2.65 bits per heavy atom. The van der Waals surface area contributed by atoms with Crippen LogP contribution in [-0.2, 0) is 24.3 Å². The summed E-state index contributed by atoms with van der Waals surface area (Å²) in [5.41, 5.74) is 6.01. The standard InChI is InChI=1S/C19H21N3O/c1-13-7-8-14(2)22(13)12-19(23)21-10-9-18-16(11-21)15-5-3-4-6-17(15)20-18/h3-8,20H,9-12H2,1-2H3. The number of carbonyl (C=O) groups is 1. The average Bonchev–Trinajstić information content (AvgIpc) is 3.09. The van der Waals surface area contributed by atoms with Crippen LogP contribution in [0.4, 0.5) is 0 Å². The number of para-hydroxylation sites is 1. The van der Waals surface area contributed by atoms with Crippen LogP contribution in [0.2, 0.25) is 0 Å². The molecule has 0 atom stereocenters. The molecule has 0 saturated carbocycles. The van der Waals surface area contributed by atoms with Gasteiger partial charge in [-0.3, -0.25) is 4.79 Å². The SMILES string of the molecule is Cc1ccc(C)n1CC(=O)N1CCc2[nH]c3ccccc3c2C1. The van der Waals surface area contributed by atoms with Gasteiger partial charge in [-0.1, -0.05) is 18.2 Å². The van der Waals surface area contributed by atoms with Gasteiger partial charge in [0.25, 0.3) is 0 Å². The van der Waals surface area contributed by atoms with Crippen molar-refractivity contribution in [1.82, 2.24) is 14.5 Å². The molecule has 0 spiro atoms. The molecule has 0 radical (unpaired) electrons. The van der Waals surface area contributed by atoms with Crippen LogP contribution in [0.5, 0.6) is 0 Å². The average molecular weight is 307 g/mol. The quantitative estimate of drug-likeness (QED) is 0.776. The zero-order chi connectivity index (χ0) is 16.0. The molecule has 3 aromatic rings. The first-order chi connectivity index (χ1) is 11.1. The number of aryl methyl sites for hydroxylation is 2. The van der Waals surface area contributed by atoms with Crippen molar-refractivity contribution in [3.63, 3.8) is 0 Å². The molecule has 0 aliphatic carbocycles. The number of carbonyl (C=O) groups excluding carboxylic acids is 1. The highest BCUT2D eigenvalue weighted by atomic mass is 16.2. The van der Waals surface area contributed by atoms with E-state index in [4.69, 9.17) is 0 Å². The van der Waals surface area contributed by atoms with Crippen LogP contribution in [0.1, 0.15) is 22.6 Å². The molecule has 4 rings (SSSR count). The van der Waals surface area contributed by atoms with E-state index < -0.39 is 0 Å². The molecule has 1 aliphatic rings. The highest BCUT2D eigenvalue weighted by molar-refractivity contribution is 5.86. The smallest absolute Gasteiger partial charge is 0.242 e. The van der Waals surface area contributed by atoms with Gasteiger partial charge in [-0.05, 0) is 32.0 Å². The van der Waals surface area contributed by atoms with Crippen LogP contribution in [0.15, 0.2) is 36.4 Å². The van der Waals surface area contributed by atoms with Crippen LogP contribution in [0, 0.1) is 13.8 Å². The highest BCUT2D eigenvalue weighted by Crippen LogP contribution is 2.27. The molecule has 118 valence electrons. The lowest BCUT2D eigenvalue weighted by molar-refractivity contribution is -0.132. The van der Waals surface area contributed by atoms with Gasteiger partial charge in [-0.2, -0.15) is 0 Å². The molecule has 0 unspecified atom stereocenters. The van der Waals surface area contributed by atoms with Crippen LogP contribution in [0.25, 0.3) is 10.9 Å². The van der Waals surface area contributed by atoms with Crippen LogP contribution in [-0.4, -0.2) is 26.9 Å². The second-order valence-corrected chi connectivity index (χ2v) is 6.40. The van der Waals surface area contributed by atoms with Crippen molar-refractivity contribution < 1.29 is 4.79 Å². The predicted octanol–water partition coefficient (Wildman–Crippen LogP) is 3.17. The number of amides is 1. The van der Waals surface area contributed by atoms with Crippen molar-refractivity contribution in [3.05, 3.63) is 59.0 Å². The maximum atomic E-state index is 12.7. The van der Waals surface area contributed by atoms with Crippen molar-refractivity contribution in [2.24, 2.45) is 0 Å². The maximum Gasteiger partial charge on any atom is 0.242 e. The van der Waals surface area contributed by atoms with Gasteiger partial charge < -0.3 is 14.5 Å². The largest absolute Gasteiger partial charge is 0.358 e. The first-order valence-corrected chi connectivity index (χ1v) is 8.12. The van der Waals surface area contributed by atoms with E-state index in [2.05, 4.69) is 39.9 Å². The summed E-state index contributed by atoms with van der Waals surface area (Å²) >= 11 is 0. The maximum absolute atomic E-state index is 12.7. The number of aromatic nitrogens is 2. The molecule has 0 saturated heterocycles. The fraction of sp³-hybridized carbons (Fsp3) is 0.316.